The van der Waals surface area contributed by atoms with Gasteiger partial charge in [0.15, 0.2) is 5.78 Å². The molecule has 0 saturated heterocycles. The molecule has 0 aromatic heterocycles. The molecule has 0 aliphatic rings. The Kier molecular flexibility index (Phi) is 9.59. The molecule has 2 atom stereocenters. The van der Waals surface area contributed by atoms with Crippen molar-refractivity contribution in [3.05, 3.63) is 65.2 Å². The fraction of sp³-hybridized carbons (Fsp3) is 0.423. The molecule has 0 fully saturated rings. The molecule has 0 unspecified atom stereocenters. The van der Waals surface area contributed by atoms with Crippen LogP contribution in [0.3, 0.4) is 0 Å². The molecule has 190 valence electrons. The average Bonchev–Trinajstić information content (AvgIpc) is 2.80. The van der Waals surface area contributed by atoms with Crippen molar-refractivity contribution in [1.29, 1.82) is 0 Å². The second-order valence-corrected chi connectivity index (χ2v) is 10.7. The van der Waals surface area contributed by atoms with Crippen molar-refractivity contribution in [2.75, 3.05) is 17.1 Å². The van der Waals surface area contributed by atoms with Crippen LogP contribution in [0.5, 0.6) is 0 Å². The summed E-state index contributed by atoms with van der Waals surface area (Å²) in [5.74, 6) is -1.06. The van der Waals surface area contributed by atoms with E-state index < -0.39 is 28.5 Å². The van der Waals surface area contributed by atoms with Gasteiger partial charge in [-0.25, -0.2) is 8.42 Å². The van der Waals surface area contributed by atoms with Crippen LogP contribution in [0.2, 0.25) is 0 Å². The van der Waals surface area contributed by atoms with E-state index in [2.05, 4.69) is 5.32 Å². The van der Waals surface area contributed by atoms with E-state index in [1.165, 1.54) is 24.0 Å². The highest BCUT2D eigenvalue weighted by Crippen LogP contribution is 2.21. The summed E-state index contributed by atoms with van der Waals surface area (Å²) in [4.78, 5) is 39.7. The number of anilines is 1. The third-order valence-electron chi connectivity index (χ3n) is 5.99. The van der Waals surface area contributed by atoms with Gasteiger partial charge in [0.25, 0.3) is 0 Å². The molecular formula is C26H35N3O5S. The summed E-state index contributed by atoms with van der Waals surface area (Å²) in [7, 11) is -3.86. The lowest BCUT2D eigenvalue weighted by molar-refractivity contribution is -0.139. The largest absolute Gasteiger partial charge is 0.352 e. The van der Waals surface area contributed by atoms with Crippen LogP contribution in [0.15, 0.2) is 48.5 Å². The number of amides is 2. The number of aryl methyl sites for hydroxylation is 1. The molecule has 0 radical (unpaired) electrons. The molecule has 9 heteroatoms. The topological polar surface area (TPSA) is 104 Å². The van der Waals surface area contributed by atoms with E-state index >= 15 is 0 Å². The number of nitrogens with one attached hydrogen (secondary N) is 1. The fourth-order valence-corrected chi connectivity index (χ4v) is 4.35. The average molecular weight is 502 g/mol. The first-order chi connectivity index (χ1) is 16.3. The molecule has 0 saturated carbocycles. The summed E-state index contributed by atoms with van der Waals surface area (Å²) < 4.78 is 26.3. The third-order valence-corrected chi connectivity index (χ3v) is 7.13. The Balaban J connectivity index is 2.44. The van der Waals surface area contributed by atoms with Crippen LogP contribution >= 0.6 is 0 Å². The number of carbonyl (C=O) groups is 3. The second kappa shape index (κ2) is 12.0. The summed E-state index contributed by atoms with van der Waals surface area (Å²) in [6.45, 7) is 8.40. The first kappa shape index (κ1) is 28.0. The van der Waals surface area contributed by atoms with E-state index in [-0.39, 0.29) is 30.0 Å². The van der Waals surface area contributed by atoms with Gasteiger partial charge in [-0.15, -0.1) is 0 Å². The number of hydrogen-bond donors (Lipinski definition) is 1. The molecule has 8 nitrogen and oxygen atoms in total. The van der Waals surface area contributed by atoms with E-state index in [1.807, 2.05) is 45.0 Å². The molecule has 2 aromatic carbocycles. The fourth-order valence-electron chi connectivity index (χ4n) is 3.51. The number of hydrogen-bond acceptors (Lipinski definition) is 5. The highest BCUT2D eigenvalue weighted by atomic mass is 32.2. The van der Waals surface area contributed by atoms with Gasteiger partial charge in [0.1, 0.15) is 12.6 Å². The minimum absolute atomic E-state index is 0.0674. The summed E-state index contributed by atoms with van der Waals surface area (Å²) in [5.41, 5.74) is 2.35. The van der Waals surface area contributed by atoms with E-state index in [9.17, 15) is 22.8 Å². The molecule has 0 heterocycles. The van der Waals surface area contributed by atoms with E-state index in [0.29, 0.717) is 5.56 Å². The Labute approximate surface area is 208 Å². The molecule has 2 aromatic rings. The molecule has 0 aliphatic carbocycles. The first-order valence-electron chi connectivity index (χ1n) is 11.6. The normalized spacial score (nSPS) is 13.0. The number of sulfonamides is 1. The van der Waals surface area contributed by atoms with Gasteiger partial charge < -0.3 is 10.2 Å². The standard InChI is InChI=1S/C26H35N3O5S/c1-7-19(3)27-26(32)20(4)28(16-23-12-9-8-11-18(23)2)25(31)17-29(35(6,33)34)24-14-10-13-22(15-24)21(5)30/h8-15,19-20H,7,16-17H2,1-6H3,(H,27,32)/t19-,20+/m1/s1. The van der Waals surface area contributed by atoms with Gasteiger partial charge in [0, 0.05) is 18.2 Å². The van der Waals surface area contributed by atoms with Gasteiger partial charge in [-0.3, -0.25) is 18.7 Å². The number of rotatable bonds is 11. The van der Waals surface area contributed by atoms with Gasteiger partial charge in [0.2, 0.25) is 21.8 Å². The lowest BCUT2D eigenvalue weighted by Gasteiger charge is -2.32. The molecule has 35 heavy (non-hydrogen) atoms. The summed E-state index contributed by atoms with van der Waals surface area (Å²) in [6.07, 6.45) is 1.74. The van der Waals surface area contributed by atoms with Gasteiger partial charge in [-0.2, -0.15) is 0 Å². The Hall–Kier alpha value is -3.20. The minimum Gasteiger partial charge on any atom is -0.352 e. The van der Waals surface area contributed by atoms with Gasteiger partial charge in [0.05, 0.1) is 11.9 Å². The van der Waals surface area contributed by atoms with Gasteiger partial charge in [-0.1, -0.05) is 43.3 Å². The van der Waals surface area contributed by atoms with Gasteiger partial charge >= 0.3 is 0 Å². The van der Waals surface area contributed by atoms with Crippen molar-refractivity contribution in [2.24, 2.45) is 0 Å². The lowest BCUT2D eigenvalue weighted by Crippen LogP contribution is -2.52. The molecule has 0 bridgehead atoms. The predicted molar refractivity (Wildman–Crippen MR) is 138 cm³/mol. The van der Waals surface area contributed by atoms with E-state index in [1.54, 1.807) is 19.1 Å². The van der Waals surface area contributed by atoms with Crippen LogP contribution in [0.4, 0.5) is 5.69 Å². The number of carbonyl (C=O) groups excluding carboxylic acids is 3. The zero-order valence-corrected chi connectivity index (χ0v) is 22.1. The maximum atomic E-state index is 13.6. The minimum atomic E-state index is -3.86. The number of benzene rings is 2. The maximum absolute atomic E-state index is 13.6. The van der Waals surface area contributed by atoms with Crippen LogP contribution in [-0.2, 0) is 26.2 Å². The smallest absolute Gasteiger partial charge is 0.244 e. The van der Waals surface area contributed by atoms with Crippen LogP contribution in [0.1, 0.15) is 55.6 Å². The Morgan fingerprint density at radius 3 is 2.26 bits per heavy atom. The molecule has 0 aliphatic heterocycles. The van der Waals surface area contributed by atoms with Gasteiger partial charge in [-0.05, 0) is 57.4 Å². The molecule has 1 N–H and O–H groups in total. The van der Waals surface area contributed by atoms with Crippen LogP contribution < -0.4 is 9.62 Å². The highest BCUT2D eigenvalue weighted by molar-refractivity contribution is 7.92. The number of ketones is 1. The third kappa shape index (κ3) is 7.65. The molecule has 2 amide bonds. The van der Waals surface area contributed by atoms with Crippen LogP contribution in [0.25, 0.3) is 0 Å². The zero-order valence-electron chi connectivity index (χ0n) is 21.2. The SMILES string of the molecule is CC[C@@H](C)NC(=O)[C@H](C)N(Cc1ccccc1C)C(=O)CN(c1cccc(C(C)=O)c1)S(C)(=O)=O. The summed E-state index contributed by atoms with van der Waals surface area (Å²) in [6, 6.07) is 12.8. The monoisotopic (exact) mass is 501 g/mol. The Morgan fingerprint density at radius 1 is 1.03 bits per heavy atom. The van der Waals surface area contributed by atoms with E-state index in [4.69, 9.17) is 0 Å². The van der Waals surface area contributed by atoms with Crippen molar-refractivity contribution in [3.63, 3.8) is 0 Å². The zero-order chi connectivity index (χ0) is 26.3. The van der Waals surface area contributed by atoms with Crippen molar-refractivity contribution in [1.82, 2.24) is 10.2 Å². The van der Waals surface area contributed by atoms with E-state index in [0.717, 1.165) is 28.1 Å². The highest BCUT2D eigenvalue weighted by Gasteiger charge is 2.30. The Morgan fingerprint density at radius 2 is 1.69 bits per heavy atom. The van der Waals surface area contributed by atoms with Crippen molar-refractivity contribution < 1.29 is 22.8 Å². The van der Waals surface area contributed by atoms with Crippen molar-refractivity contribution in [2.45, 2.75) is 59.7 Å². The first-order valence-corrected chi connectivity index (χ1v) is 13.4. The van der Waals surface area contributed by atoms with Crippen LogP contribution in [0, 0.1) is 6.92 Å². The quantitative estimate of drug-likeness (QED) is 0.476. The number of nitrogens with zero attached hydrogens (tertiary/aromatic N) is 2. The maximum Gasteiger partial charge on any atom is 0.244 e. The second-order valence-electron chi connectivity index (χ2n) is 8.82. The molecule has 2 rings (SSSR count). The number of Topliss-reactive ketones (excluding diaryl/α,β-unsaturated/α-hetero) is 1. The summed E-state index contributed by atoms with van der Waals surface area (Å²) >= 11 is 0. The van der Waals surface area contributed by atoms with Crippen LogP contribution in [-0.4, -0.2) is 55.8 Å². The summed E-state index contributed by atoms with van der Waals surface area (Å²) in [5, 5.41) is 2.90. The Bertz CT molecular complexity index is 1180. The molecule has 0 spiro atoms. The van der Waals surface area contributed by atoms with Crippen molar-refractivity contribution >= 4 is 33.3 Å². The lowest BCUT2D eigenvalue weighted by atomic mass is 10.1. The predicted octanol–water partition coefficient (Wildman–Crippen LogP) is 3.30. The molecular weight excluding hydrogens is 466 g/mol. The van der Waals surface area contributed by atoms with Crippen molar-refractivity contribution in [3.8, 4) is 0 Å².